The Kier molecular flexibility index (Phi) is 10.8. The van der Waals surface area contributed by atoms with Gasteiger partial charge in [-0.3, -0.25) is 4.79 Å². The molecule has 3 heteroatoms. The Morgan fingerprint density at radius 3 is 1.59 bits per heavy atom. The molecule has 2 saturated carbocycles. The van der Waals surface area contributed by atoms with Crippen LogP contribution in [0.4, 0.5) is 11.4 Å². The molecule has 2 aliphatic carbocycles. The molecule has 0 bridgehead atoms. The van der Waals surface area contributed by atoms with Gasteiger partial charge in [-0.1, -0.05) is 110 Å². The fourth-order valence-electron chi connectivity index (χ4n) is 5.72. The van der Waals surface area contributed by atoms with E-state index in [4.69, 9.17) is 0 Å². The van der Waals surface area contributed by atoms with E-state index in [0.29, 0.717) is 5.78 Å². The monoisotopic (exact) mass is 518 g/mol. The molecule has 2 N–H and O–H groups in total. The van der Waals surface area contributed by atoms with E-state index in [1.54, 1.807) is 0 Å². The third kappa shape index (κ3) is 8.58. The van der Waals surface area contributed by atoms with Crippen LogP contribution in [-0.2, 0) is 0 Å². The molecule has 6 rings (SSSR count). The van der Waals surface area contributed by atoms with E-state index < -0.39 is 0 Å². The van der Waals surface area contributed by atoms with Crippen molar-refractivity contribution < 1.29 is 4.79 Å². The minimum atomic E-state index is 0.244. The van der Waals surface area contributed by atoms with Crippen molar-refractivity contribution in [3.63, 3.8) is 0 Å². The molecular formula is C36H42N2O. The minimum Gasteiger partial charge on any atom is -0.388 e. The number of carbonyl (C=O) groups is 1. The molecule has 2 fully saturated rings. The first kappa shape index (κ1) is 28.2. The highest BCUT2D eigenvalue weighted by Gasteiger charge is 2.45. The van der Waals surface area contributed by atoms with Crippen molar-refractivity contribution in [3.8, 4) is 0 Å². The van der Waals surface area contributed by atoms with Crippen LogP contribution in [0.5, 0.6) is 0 Å². The van der Waals surface area contributed by atoms with Gasteiger partial charge in [0.05, 0.1) is 0 Å². The second kappa shape index (κ2) is 14.9. The summed E-state index contributed by atoms with van der Waals surface area (Å²) in [5.74, 6) is 2.91. The summed E-state index contributed by atoms with van der Waals surface area (Å²) in [5, 5.41) is 6.05. The Morgan fingerprint density at radius 2 is 1.10 bits per heavy atom. The van der Waals surface area contributed by atoms with Crippen molar-refractivity contribution in [2.24, 2.45) is 17.8 Å². The van der Waals surface area contributed by atoms with Gasteiger partial charge < -0.3 is 10.6 Å². The van der Waals surface area contributed by atoms with Gasteiger partial charge in [-0.2, -0.15) is 0 Å². The Labute approximate surface area is 234 Å². The first-order valence-corrected chi connectivity index (χ1v) is 14.3. The van der Waals surface area contributed by atoms with Gasteiger partial charge in [0.2, 0.25) is 0 Å². The molecular weight excluding hydrogens is 476 g/mol. The maximum absolute atomic E-state index is 12.7. The lowest BCUT2D eigenvalue weighted by molar-refractivity contribution is 0.0855. The van der Waals surface area contributed by atoms with Crippen LogP contribution >= 0.6 is 0 Å². The third-order valence-electron chi connectivity index (χ3n) is 7.94. The summed E-state index contributed by atoms with van der Waals surface area (Å²) in [7, 11) is 3.82. The number of Topliss-reactive ketones (excluding diaryl/α,β-unsaturated/α-hetero) is 1. The molecule has 4 atom stereocenters. The van der Waals surface area contributed by atoms with Gasteiger partial charge in [-0.25, -0.2) is 0 Å². The zero-order valence-electron chi connectivity index (χ0n) is 23.3. The topological polar surface area (TPSA) is 41.1 Å². The molecule has 39 heavy (non-hydrogen) atoms. The van der Waals surface area contributed by atoms with E-state index in [2.05, 4.69) is 41.0 Å². The molecule has 0 aliphatic heterocycles. The van der Waals surface area contributed by atoms with E-state index in [0.717, 1.165) is 47.5 Å². The number of para-hydroxylation sites is 2. The summed E-state index contributed by atoms with van der Waals surface area (Å²) in [6.07, 6.45) is 6.02. The molecule has 202 valence electrons. The number of hydrogen-bond donors (Lipinski definition) is 2. The Morgan fingerprint density at radius 1 is 0.615 bits per heavy atom. The average molecular weight is 519 g/mol. The van der Waals surface area contributed by atoms with Gasteiger partial charge in [0.15, 0.2) is 5.78 Å². The highest BCUT2D eigenvalue weighted by molar-refractivity contribution is 5.97. The van der Waals surface area contributed by atoms with E-state index in [1.165, 1.54) is 24.8 Å². The summed E-state index contributed by atoms with van der Waals surface area (Å²) in [4.78, 5) is 12.7. The van der Waals surface area contributed by atoms with Crippen molar-refractivity contribution in [2.75, 3.05) is 24.7 Å². The van der Waals surface area contributed by atoms with Crippen molar-refractivity contribution in [2.45, 2.75) is 38.0 Å². The van der Waals surface area contributed by atoms with Crippen molar-refractivity contribution in [1.82, 2.24) is 0 Å². The van der Waals surface area contributed by atoms with E-state index >= 15 is 0 Å². The van der Waals surface area contributed by atoms with Crippen molar-refractivity contribution in [1.29, 1.82) is 0 Å². The van der Waals surface area contributed by atoms with Crippen LogP contribution in [0.3, 0.4) is 0 Å². The second-order valence-electron chi connectivity index (χ2n) is 10.5. The number of ketones is 1. The van der Waals surface area contributed by atoms with E-state index in [-0.39, 0.29) is 5.92 Å². The Hall–Kier alpha value is -3.85. The largest absolute Gasteiger partial charge is 0.388 e. The SMILES string of the molecule is CNc1ccccc1.CNc1ccccc1.O=C(c1ccccc1)C1CCCC(C2CC2c2ccccc2)C1. The van der Waals surface area contributed by atoms with Crippen LogP contribution in [0.2, 0.25) is 0 Å². The molecule has 0 radical (unpaired) electrons. The number of benzene rings is 4. The van der Waals surface area contributed by atoms with Crippen LogP contribution in [0, 0.1) is 17.8 Å². The predicted octanol–water partition coefficient (Wildman–Crippen LogP) is 8.94. The standard InChI is InChI=1S/C22H24O.2C7H9N/c23-22(17-10-5-2-6-11-17)19-13-7-12-18(14-19)21-15-20(21)16-8-3-1-4-9-16;2*1-8-7-5-3-2-4-6-7/h1-6,8-11,18-21H,7,12-15H2;2*2-6,8H,1H3. The van der Waals surface area contributed by atoms with Gasteiger partial charge in [-0.05, 0) is 66.8 Å². The first-order chi connectivity index (χ1) is 19.2. The Bertz CT molecular complexity index is 1190. The van der Waals surface area contributed by atoms with Crippen LogP contribution in [-0.4, -0.2) is 19.9 Å². The van der Waals surface area contributed by atoms with Gasteiger partial charge in [0.1, 0.15) is 0 Å². The minimum absolute atomic E-state index is 0.244. The molecule has 0 heterocycles. The third-order valence-corrected chi connectivity index (χ3v) is 7.94. The predicted molar refractivity (Wildman–Crippen MR) is 165 cm³/mol. The van der Waals surface area contributed by atoms with Gasteiger partial charge >= 0.3 is 0 Å². The summed E-state index contributed by atoms with van der Waals surface area (Å²) in [6, 6.07) is 40.9. The summed E-state index contributed by atoms with van der Waals surface area (Å²) < 4.78 is 0. The number of carbonyl (C=O) groups excluding carboxylic acids is 1. The fourth-order valence-corrected chi connectivity index (χ4v) is 5.72. The second-order valence-corrected chi connectivity index (χ2v) is 10.5. The summed E-state index contributed by atoms with van der Waals surface area (Å²) in [5.41, 5.74) is 4.71. The van der Waals surface area contributed by atoms with Gasteiger partial charge in [0.25, 0.3) is 0 Å². The molecule has 0 saturated heterocycles. The molecule has 4 aromatic rings. The lowest BCUT2D eigenvalue weighted by Gasteiger charge is -2.28. The smallest absolute Gasteiger partial charge is 0.165 e. The average Bonchev–Trinajstić information content (AvgIpc) is 3.84. The highest BCUT2D eigenvalue weighted by Crippen LogP contribution is 2.56. The van der Waals surface area contributed by atoms with Crippen LogP contribution in [0.25, 0.3) is 0 Å². The van der Waals surface area contributed by atoms with Gasteiger partial charge in [0, 0.05) is 37.0 Å². The molecule has 3 nitrogen and oxygen atoms in total. The lowest BCUT2D eigenvalue weighted by Crippen LogP contribution is -2.24. The molecule has 0 aromatic heterocycles. The van der Waals surface area contributed by atoms with Crippen molar-refractivity contribution >= 4 is 17.2 Å². The highest BCUT2D eigenvalue weighted by atomic mass is 16.1. The number of nitrogens with one attached hydrogen (secondary N) is 2. The maximum atomic E-state index is 12.7. The molecule has 4 unspecified atom stereocenters. The molecule has 2 aliphatic rings. The quantitative estimate of drug-likeness (QED) is 0.250. The normalized spacial score (nSPS) is 21.2. The van der Waals surface area contributed by atoms with E-state index in [1.807, 2.05) is 105 Å². The lowest BCUT2D eigenvalue weighted by atomic mass is 9.75. The van der Waals surface area contributed by atoms with Crippen LogP contribution < -0.4 is 10.6 Å². The molecule has 0 amide bonds. The fraction of sp³-hybridized carbons (Fsp3) is 0.306. The van der Waals surface area contributed by atoms with E-state index in [9.17, 15) is 4.79 Å². The zero-order valence-corrected chi connectivity index (χ0v) is 23.3. The van der Waals surface area contributed by atoms with Crippen molar-refractivity contribution in [3.05, 3.63) is 132 Å². The number of rotatable bonds is 6. The molecule has 4 aromatic carbocycles. The summed E-state index contributed by atoms with van der Waals surface area (Å²) in [6.45, 7) is 0. The van der Waals surface area contributed by atoms with Crippen LogP contribution in [0.1, 0.15) is 53.9 Å². The molecule has 0 spiro atoms. The summed E-state index contributed by atoms with van der Waals surface area (Å²) >= 11 is 0. The first-order valence-electron chi connectivity index (χ1n) is 14.3. The Balaban J connectivity index is 0.000000180. The zero-order chi connectivity index (χ0) is 27.3. The van der Waals surface area contributed by atoms with Gasteiger partial charge in [-0.15, -0.1) is 0 Å². The maximum Gasteiger partial charge on any atom is 0.165 e. The number of anilines is 2. The number of hydrogen-bond acceptors (Lipinski definition) is 3. The van der Waals surface area contributed by atoms with Crippen LogP contribution in [0.15, 0.2) is 121 Å².